The molecule has 72 valence electrons. The molecule has 14 heavy (non-hydrogen) atoms. The minimum absolute atomic E-state index is 0.0614. The Labute approximate surface area is 81.0 Å². The maximum absolute atomic E-state index is 10.5. The van der Waals surface area contributed by atoms with Gasteiger partial charge in [0.15, 0.2) is 0 Å². The van der Waals surface area contributed by atoms with E-state index in [-0.39, 0.29) is 6.42 Å². The van der Waals surface area contributed by atoms with E-state index in [2.05, 4.69) is 0 Å². The summed E-state index contributed by atoms with van der Waals surface area (Å²) in [7, 11) is 0. The normalized spacial score (nSPS) is 10.6. The Morgan fingerprint density at radius 3 is 2.93 bits per heavy atom. The third-order valence-corrected chi connectivity index (χ3v) is 2.12. The number of aliphatic carboxylic acids is 1. The molecule has 0 fully saturated rings. The SMILES string of the molecule is Cc1cccc2cc(CC(=O)O)oc12. The van der Waals surface area contributed by atoms with E-state index in [0.717, 1.165) is 16.5 Å². The van der Waals surface area contributed by atoms with E-state index in [1.165, 1.54) is 0 Å². The van der Waals surface area contributed by atoms with Gasteiger partial charge in [-0.25, -0.2) is 0 Å². The van der Waals surface area contributed by atoms with Gasteiger partial charge in [-0.2, -0.15) is 0 Å². The zero-order valence-corrected chi connectivity index (χ0v) is 7.78. The van der Waals surface area contributed by atoms with E-state index in [4.69, 9.17) is 9.52 Å². The van der Waals surface area contributed by atoms with Crippen LogP contribution in [0.15, 0.2) is 28.7 Å². The highest BCUT2D eigenvalue weighted by atomic mass is 16.4. The Morgan fingerprint density at radius 2 is 2.29 bits per heavy atom. The Morgan fingerprint density at radius 1 is 1.50 bits per heavy atom. The fourth-order valence-electron chi connectivity index (χ4n) is 1.50. The van der Waals surface area contributed by atoms with Crippen LogP contribution in [0.5, 0.6) is 0 Å². The number of para-hydroxylation sites is 1. The van der Waals surface area contributed by atoms with Crippen molar-refractivity contribution < 1.29 is 14.3 Å². The second-order valence-corrected chi connectivity index (χ2v) is 3.28. The van der Waals surface area contributed by atoms with Crippen molar-refractivity contribution in [1.82, 2.24) is 0 Å². The molecule has 2 aromatic rings. The van der Waals surface area contributed by atoms with E-state index in [1.54, 1.807) is 6.07 Å². The van der Waals surface area contributed by atoms with Crippen LogP contribution in [0.25, 0.3) is 11.0 Å². The topological polar surface area (TPSA) is 50.4 Å². The van der Waals surface area contributed by atoms with Crippen molar-refractivity contribution in [3.8, 4) is 0 Å². The largest absolute Gasteiger partial charge is 0.481 e. The number of carbonyl (C=O) groups is 1. The van der Waals surface area contributed by atoms with Crippen molar-refractivity contribution in [2.45, 2.75) is 13.3 Å². The fraction of sp³-hybridized carbons (Fsp3) is 0.182. The Balaban J connectivity index is 2.51. The summed E-state index contributed by atoms with van der Waals surface area (Å²) in [6.07, 6.45) is -0.0614. The van der Waals surface area contributed by atoms with Crippen LogP contribution in [-0.2, 0) is 11.2 Å². The number of hydrogen-bond donors (Lipinski definition) is 1. The van der Waals surface area contributed by atoms with Crippen molar-refractivity contribution in [2.75, 3.05) is 0 Å². The monoisotopic (exact) mass is 190 g/mol. The zero-order valence-electron chi connectivity index (χ0n) is 7.78. The van der Waals surface area contributed by atoms with Gasteiger partial charge in [-0.05, 0) is 18.6 Å². The molecule has 3 nitrogen and oxygen atoms in total. The number of rotatable bonds is 2. The molecule has 0 aliphatic rings. The number of benzene rings is 1. The first kappa shape index (κ1) is 8.81. The van der Waals surface area contributed by atoms with Gasteiger partial charge < -0.3 is 9.52 Å². The summed E-state index contributed by atoms with van der Waals surface area (Å²) in [6.45, 7) is 1.94. The highest BCUT2D eigenvalue weighted by molar-refractivity contribution is 5.82. The molecule has 1 heterocycles. The first-order chi connectivity index (χ1) is 6.66. The molecule has 1 aromatic heterocycles. The number of fused-ring (bicyclic) bond motifs is 1. The molecule has 0 aliphatic carbocycles. The van der Waals surface area contributed by atoms with Crippen molar-refractivity contribution in [3.63, 3.8) is 0 Å². The quantitative estimate of drug-likeness (QED) is 0.790. The second-order valence-electron chi connectivity index (χ2n) is 3.28. The highest BCUT2D eigenvalue weighted by Gasteiger charge is 2.08. The Hall–Kier alpha value is -1.77. The van der Waals surface area contributed by atoms with Crippen LogP contribution < -0.4 is 0 Å². The van der Waals surface area contributed by atoms with Crippen LogP contribution in [0.3, 0.4) is 0 Å². The van der Waals surface area contributed by atoms with E-state index in [1.807, 2.05) is 25.1 Å². The van der Waals surface area contributed by atoms with Gasteiger partial charge in [-0.1, -0.05) is 18.2 Å². The summed E-state index contributed by atoms with van der Waals surface area (Å²) in [4.78, 5) is 10.5. The van der Waals surface area contributed by atoms with Crippen LogP contribution in [0, 0.1) is 6.92 Å². The molecular formula is C11H10O3. The maximum atomic E-state index is 10.5. The molecule has 2 rings (SSSR count). The predicted molar refractivity (Wildman–Crippen MR) is 52.3 cm³/mol. The van der Waals surface area contributed by atoms with Gasteiger partial charge in [0.2, 0.25) is 0 Å². The first-order valence-electron chi connectivity index (χ1n) is 4.36. The van der Waals surface area contributed by atoms with Crippen molar-refractivity contribution in [1.29, 1.82) is 0 Å². The fourth-order valence-corrected chi connectivity index (χ4v) is 1.50. The van der Waals surface area contributed by atoms with Gasteiger partial charge in [0.25, 0.3) is 0 Å². The van der Waals surface area contributed by atoms with Crippen LogP contribution >= 0.6 is 0 Å². The van der Waals surface area contributed by atoms with Gasteiger partial charge in [-0.3, -0.25) is 4.79 Å². The standard InChI is InChI=1S/C11H10O3/c1-7-3-2-4-8-5-9(6-10(12)13)14-11(7)8/h2-5H,6H2,1H3,(H,12,13). The molecule has 0 amide bonds. The van der Waals surface area contributed by atoms with Crippen LogP contribution in [0.2, 0.25) is 0 Å². The smallest absolute Gasteiger partial charge is 0.311 e. The summed E-state index contributed by atoms with van der Waals surface area (Å²) in [5, 5.41) is 9.56. The van der Waals surface area contributed by atoms with Crippen LogP contribution in [0.1, 0.15) is 11.3 Å². The van der Waals surface area contributed by atoms with E-state index in [0.29, 0.717) is 5.76 Å². The van der Waals surface area contributed by atoms with Gasteiger partial charge in [0, 0.05) is 5.39 Å². The predicted octanol–water partition coefficient (Wildman–Crippen LogP) is 2.37. The molecule has 1 N–H and O–H groups in total. The molecular weight excluding hydrogens is 180 g/mol. The Kier molecular flexibility index (Phi) is 2.00. The van der Waals surface area contributed by atoms with Crippen molar-refractivity contribution in [2.24, 2.45) is 0 Å². The van der Waals surface area contributed by atoms with Gasteiger partial charge in [-0.15, -0.1) is 0 Å². The summed E-state index contributed by atoms with van der Waals surface area (Å²) in [6, 6.07) is 7.56. The number of hydrogen-bond acceptors (Lipinski definition) is 2. The summed E-state index contributed by atoms with van der Waals surface area (Å²) < 4.78 is 5.43. The molecule has 0 aliphatic heterocycles. The zero-order chi connectivity index (χ0) is 10.1. The number of furan rings is 1. The van der Waals surface area contributed by atoms with E-state index >= 15 is 0 Å². The minimum atomic E-state index is -0.873. The molecule has 0 saturated carbocycles. The number of carboxylic acids is 1. The van der Waals surface area contributed by atoms with Gasteiger partial charge in [0.05, 0.1) is 0 Å². The summed E-state index contributed by atoms with van der Waals surface area (Å²) in [5.74, 6) is -0.372. The molecule has 0 spiro atoms. The average molecular weight is 190 g/mol. The van der Waals surface area contributed by atoms with Crippen molar-refractivity contribution >= 4 is 16.9 Å². The third-order valence-electron chi connectivity index (χ3n) is 2.12. The lowest BCUT2D eigenvalue weighted by Gasteiger charge is -1.92. The van der Waals surface area contributed by atoms with Gasteiger partial charge >= 0.3 is 5.97 Å². The van der Waals surface area contributed by atoms with E-state index in [9.17, 15) is 4.79 Å². The maximum Gasteiger partial charge on any atom is 0.311 e. The van der Waals surface area contributed by atoms with E-state index < -0.39 is 5.97 Å². The summed E-state index contributed by atoms with van der Waals surface area (Å²) >= 11 is 0. The third kappa shape index (κ3) is 1.48. The average Bonchev–Trinajstić information content (AvgIpc) is 2.47. The number of carboxylic acid groups (broad SMARTS) is 1. The molecule has 0 saturated heterocycles. The molecule has 0 atom stereocenters. The van der Waals surface area contributed by atoms with Crippen molar-refractivity contribution in [3.05, 3.63) is 35.6 Å². The lowest BCUT2D eigenvalue weighted by molar-refractivity contribution is -0.136. The molecule has 3 heteroatoms. The minimum Gasteiger partial charge on any atom is -0.481 e. The van der Waals surface area contributed by atoms with Crippen LogP contribution in [0.4, 0.5) is 0 Å². The molecule has 1 aromatic carbocycles. The van der Waals surface area contributed by atoms with Gasteiger partial charge in [0.1, 0.15) is 17.8 Å². The second kappa shape index (κ2) is 3.18. The first-order valence-corrected chi connectivity index (χ1v) is 4.36. The number of aryl methyl sites for hydroxylation is 1. The lowest BCUT2D eigenvalue weighted by Crippen LogP contribution is -1.97. The molecule has 0 bridgehead atoms. The van der Waals surface area contributed by atoms with Crippen LogP contribution in [-0.4, -0.2) is 11.1 Å². The lowest BCUT2D eigenvalue weighted by atomic mass is 10.2. The molecule has 0 unspecified atom stereocenters. The molecule has 0 radical (unpaired) electrons. The summed E-state index contributed by atoms with van der Waals surface area (Å²) in [5.41, 5.74) is 1.81. The highest BCUT2D eigenvalue weighted by Crippen LogP contribution is 2.22. The Bertz CT molecular complexity index is 482.